The average Bonchev–Trinajstić information content (AvgIpc) is 2.94. The lowest BCUT2D eigenvalue weighted by Crippen LogP contribution is -2.37. The second-order valence-electron chi connectivity index (χ2n) is 3.28. The molecule has 0 saturated heterocycles. The normalized spacial score (nSPS) is 15.5. The molecular weight excluding hydrogens is 166 g/mol. The van der Waals surface area contributed by atoms with Gasteiger partial charge in [0.1, 0.15) is 0 Å². The van der Waals surface area contributed by atoms with Crippen LogP contribution in [0.2, 0.25) is 0 Å². The van der Waals surface area contributed by atoms with Crippen molar-refractivity contribution in [2.45, 2.75) is 25.3 Å². The van der Waals surface area contributed by atoms with Crippen molar-refractivity contribution in [3.63, 3.8) is 0 Å². The summed E-state index contributed by atoms with van der Waals surface area (Å²) in [7, 11) is 1.64. The summed E-state index contributed by atoms with van der Waals surface area (Å²) in [5, 5.41) is 11.0. The van der Waals surface area contributed by atoms with Crippen molar-refractivity contribution < 1.29 is 4.79 Å². The SMILES string of the molecule is CNC(=O)CN(CCC#N)C1CC1. The van der Waals surface area contributed by atoms with E-state index in [1.807, 2.05) is 0 Å². The van der Waals surface area contributed by atoms with Crippen LogP contribution in [0.4, 0.5) is 0 Å². The Morgan fingerprint density at radius 1 is 1.69 bits per heavy atom. The zero-order chi connectivity index (χ0) is 9.68. The maximum absolute atomic E-state index is 11.1. The van der Waals surface area contributed by atoms with Crippen LogP contribution in [0.25, 0.3) is 0 Å². The minimum atomic E-state index is 0.0323. The second kappa shape index (κ2) is 4.83. The Morgan fingerprint density at radius 2 is 2.38 bits per heavy atom. The number of amides is 1. The molecule has 0 unspecified atom stereocenters. The van der Waals surface area contributed by atoms with Crippen molar-refractivity contribution in [3.8, 4) is 6.07 Å². The third kappa shape index (κ3) is 3.43. The number of carbonyl (C=O) groups excluding carboxylic acids is 1. The fourth-order valence-electron chi connectivity index (χ4n) is 1.29. The fraction of sp³-hybridized carbons (Fsp3) is 0.778. The molecule has 72 valence electrons. The third-order valence-corrected chi connectivity index (χ3v) is 2.20. The summed E-state index contributed by atoms with van der Waals surface area (Å²) >= 11 is 0. The van der Waals surface area contributed by atoms with Crippen LogP contribution in [0.5, 0.6) is 0 Å². The predicted octanol–water partition coefficient (Wildman–Crippen LogP) is 0.110. The van der Waals surface area contributed by atoms with E-state index >= 15 is 0 Å². The van der Waals surface area contributed by atoms with Crippen LogP contribution in [0.3, 0.4) is 0 Å². The minimum absolute atomic E-state index is 0.0323. The Morgan fingerprint density at radius 3 is 2.85 bits per heavy atom. The van der Waals surface area contributed by atoms with Gasteiger partial charge < -0.3 is 5.32 Å². The Kier molecular flexibility index (Phi) is 3.71. The quantitative estimate of drug-likeness (QED) is 0.655. The molecule has 0 bridgehead atoms. The van der Waals surface area contributed by atoms with E-state index in [-0.39, 0.29) is 5.91 Å². The van der Waals surface area contributed by atoms with Gasteiger partial charge in [-0.2, -0.15) is 5.26 Å². The van der Waals surface area contributed by atoms with Crippen LogP contribution in [0.15, 0.2) is 0 Å². The first-order valence-corrected chi connectivity index (χ1v) is 4.59. The number of nitrogens with one attached hydrogen (secondary N) is 1. The molecule has 1 aliphatic rings. The lowest BCUT2D eigenvalue weighted by atomic mass is 10.3. The number of nitrogens with zero attached hydrogens (tertiary/aromatic N) is 2. The lowest BCUT2D eigenvalue weighted by Gasteiger charge is -2.18. The van der Waals surface area contributed by atoms with Gasteiger partial charge in [0.15, 0.2) is 0 Å². The van der Waals surface area contributed by atoms with Gasteiger partial charge in [-0.15, -0.1) is 0 Å². The summed E-state index contributed by atoms with van der Waals surface area (Å²) in [6.07, 6.45) is 2.85. The average molecular weight is 181 g/mol. The topological polar surface area (TPSA) is 56.1 Å². The van der Waals surface area contributed by atoms with Gasteiger partial charge in [0.25, 0.3) is 0 Å². The molecule has 0 atom stereocenters. The van der Waals surface area contributed by atoms with E-state index in [0.717, 1.165) is 0 Å². The first kappa shape index (κ1) is 10.0. The molecule has 0 spiro atoms. The van der Waals surface area contributed by atoms with Crippen LogP contribution >= 0.6 is 0 Å². The molecule has 4 nitrogen and oxygen atoms in total. The van der Waals surface area contributed by atoms with Crippen LogP contribution < -0.4 is 5.32 Å². The third-order valence-electron chi connectivity index (χ3n) is 2.20. The van der Waals surface area contributed by atoms with E-state index < -0.39 is 0 Å². The van der Waals surface area contributed by atoms with Crippen molar-refractivity contribution >= 4 is 5.91 Å². The van der Waals surface area contributed by atoms with Crippen molar-refractivity contribution in [1.29, 1.82) is 5.26 Å². The Bertz CT molecular complexity index is 217. The van der Waals surface area contributed by atoms with Gasteiger partial charge in [0.05, 0.1) is 12.6 Å². The largest absolute Gasteiger partial charge is 0.358 e. The van der Waals surface area contributed by atoms with Gasteiger partial charge in [0, 0.05) is 26.1 Å². The standard InChI is InChI=1S/C9H15N3O/c1-11-9(13)7-12(6-2-5-10)8-3-4-8/h8H,2-4,6-7H2,1H3,(H,11,13). The number of hydrogen-bond donors (Lipinski definition) is 1. The highest BCUT2D eigenvalue weighted by molar-refractivity contribution is 5.77. The van der Waals surface area contributed by atoms with Gasteiger partial charge in [-0.1, -0.05) is 0 Å². The molecule has 0 aromatic rings. The zero-order valence-electron chi connectivity index (χ0n) is 7.92. The summed E-state index contributed by atoms with van der Waals surface area (Å²) in [6.45, 7) is 1.15. The Labute approximate surface area is 78.5 Å². The zero-order valence-corrected chi connectivity index (χ0v) is 7.92. The van der Waals surface area contributed by atoms with Gasteiger partial charge in [0.2, 0.25) is 5.91 Å². The van der Waals surface area contributed by atoms with E-state index in [0.29, 0.717) is 25.6 Å². The highest BCUT2D eigenvalue weighted by atomic mass is 16.1. The molecule has 0 aliphatic heterocycles. The minimum Gasteiger partial charge on any atom is -0.358 e. The smallest absolute Gasteiger partial charge is 0.233 e. The number of rotatable bonds is 5. The van der Waals surface area contributed by atoms with Crippen molar-refractivity contribution in [2.75, 3.05) is 20.1 Å². The molecular formula is C9H15N3O. The molecule has 1 amide bonds. The first-order chi connectivity index (χ1) is 6.27. The van der Waals surface area contributed by atoms with Gasteiger partial charge in [-0.05, 0) is 12.8 Å². The molecule has 0 radical (unpaired) electrons. The summed E-state index contributed by atoms with van der Waals surface area (Å²) in [5.74, 6) is 0.0323. The lowest BCUT2D eigenvalue weighted by molar-refractivity contribution is -0.121. The Hall–Kier alpha value is -1.08. The van der Waals surface area contributed by atoms with E-state index in [4.69, 9.17) is 5.26 Å². The summed E-state index contributed by atoms with van der Waals surface area (Å²) in [5.41, 5.74) is 0. The summed E-state index contributed by atoms with van der Waals surface area (Å²) < 4.78 is 0. The van der Waals surface area contributed by atoms with E-state index in [1.54, 1.807) is 7.05 Å². The van der Waals surface area contributed by atoms with Crippen LogP contribution in [0, 0.1) is 11.3 Å². The molecule has 1 fully saturated rings. The number of hydrogen-bond acceptors (Lipinski definition) is 3. The van der Waals surface area contributed by atoms with Gasteiger partial charge >= 0.3 is 0 Å². The molecule has 13 heavy (non-hydrogen) atoms. The number of carbonyl (C=O) groups is 1. The highest BCUT2D eigenvalue weighted by Crippen LogP contribution is 2.26. The molecule has 4 heteroatoms. The number of likely N-dealkylation sites (N-methyl/N-ethyl adjacent to an activating group) is 1. The monoisotopic (exact) mass is 181 g/mol. The maximum atomic E-state index is 11.1. The number of nitriles is 1. The first-order valence-electron chi connectivity index (χ1n) is 4.59. The van der Waals surface area contributed by atoms with Crippen molar-refractivity contribution in [3.05, 3.63) is 0 Å². The molecule has 1 N–H and O–H groups in total. The summed E-state index contributed by atoms with van der Waals surface area (Å²) in [6, 6.07) is 2.65. The van der Waals surface area contributed by atoms with Gasteiger partial charge in [-0.3, -0.25) is 9.69 Å². The summed E-state index contributed by atoms with van der Waals surface area (Å²) in [4.78, 5) is 13.2. The fourth-order valence-corrected chi connectivity index (χ4v) is 1.29. The second-order valence-corrected chi connectivity index (χ2v) is 3.28. The van der Waals surface area contributed by atoms with Crippen LogP contribution in [-0.4, -0.2) is 37.0 Å². The molecule has 0 aromatic carbocycles. The molecule has 1 rings (SSSR count). The molecule has 1 aliphatic carbocycles. The van der Waals surface area contributed by atoms with Crippen molar-refractivity contribution in [1.82, 2.24) is 10.2 Å². The van der Waals surface area contributed by atoms with E-state index in [9.17, 15) is 4.79 Å². The van der Waals surface area contributed by atoms with E-state index in [2.05, 4.69) is 16.3 Å². The Balaban J connectivity index is 2.29. The predicted molar refractivity (Wildman–Crippen MR) is 48.9 cm³/mol. The molecule has 0 aromatic heterocycles. The molecule has 1 saturated carbocycles. The maximum Gasteiger partial charge on any atom is 0.233 e. The highest BCUT2D eigenvalue weighted by Gasteiger charge is 2.29. The van der Waals surface area contributed by atoms with Crippen molar-refractivity contribution in [2.24, 2.45) is 0 Å². The van der Waals surface area contributed by atoms with Crippen LogP contribution in [0.1, 0.15) is 19.3 Å². The van der Waals surface area contributed by atoms with Crippen LogP contribution in [-0.2, 0) is 4.79 Å². The van der Waals surface area contributed by atoms with E-state index in [1.165, 1.54) is 12.8 Å². The van der Waals surface area contributed by atoms with Gasteiger partial charge in [-0.25, -0.2) is 0 Å². The molecule has 0 heterocycles.